The fourth-order valence-electron chi connectivity index (χ4n) is 3.45. The molecule has 2 N–H and O–H groups in total. The number of benzene rings is 2. The number of hydrogen-bond acceptors (Lipinski definition) is 5. The third kappa shape index (κ3) is 6.56. The average molecular weight is 536 g/mol. The molecule has 1 heterocycles. The summed E-state index contributed by atoms with van der Waals surface area (Å²) < 4.78 is 56.0. The number of alkyl halides is 3. The highest BCUT2D eigenvalue weighted by Crippen LogP contribution is 2.34. The first-order valence-electron chi connectivity index (χ1n) is 10.9. The maximum absolute atomic E-state index is 13.2. The lowest BCUT2D eigenvalue weighted by Crippen LogP contribution is -2.51. The zero-order valence-corrected chi connectivity index (χ0v) is 19.6. The molecule has 4 rings (SSSR count). The van der Waals surface area contributed by atoms with Crippen molar-refractivity contribution in [1.82, 2.24) is 20.4 Å². The summed E-state index contributed by atoms with van der Waals surface area (Å²) in [6.07, 6.45) is -2.70. The third-order valence-electron chi connectivity index (χ3n) is 5.52. The van der Waals surface area contributed by atoms with Crippen molar-refractivity contribution in [2.45, 2.75) is 37.2 Å². The van der Waals surface area contributed by atoms with Crippen LogP contribution in [-0.2, 0) is 11.2 Å². The lowest BCUT2D eigenvalue weighted by atomic mass is 10.0. The summed E-state index contributed by atoms with van der Waals surface area (Å²) in [6, 6.07) is 11.1. The Bertz CT molecular complexity index is 1360. The number of ether oxygens (including phenoxy) is 1. The highest BCUT2D eigenvalue weighted by molar-refractivity contribution is 6.32. The predicted octanol–water partition coefficient (Wildman–Crippen LogP) is 4.08. The Hall–Kier alpha value is -4.11. The fourth-order valence-corrected chi connectivity index (χ4v) is 3.69. The normalized spacial score (nSPS) is 14.8. The van der Waals surface area contributed by atoms with Gasteiger partial charge >= 0.3 is 6.36 Å². The van der Waals surface area contributed by atoms with Crippen molar-refractivity contribution in [3.05, 3.63) is 76.8 Å². The largest absolute Gasteiger partial charge is 0.573 e. The number of hydrogen-bond donors (Lipinski definition) is 2. The Morgan fingerprint density at radius 2 is 1.89 bits per heavy atom. The van der Waals surface area contributed by atoms with E-state index in [0.717, 1.165) is 6.07 Å². The van der Waals surface area contributed by atoms with Crippen molar-refractivity contribution in [3.8, 4) is 17.5 Å². The number of nitriles is 1. The molecule has 2 aromatic carbocycles. The molecule has 2 amide bonds. The summed E-state index contributed by atoms with van der Waals surface area (Å²) in [7, 11) is 0. The van der Waals surface area contributed by atoms with Gasteiger partial charge in [-0.3, -0.25) is 9.59 Å². The Balaban J connectivity index is 1.53. The molecule has 1 atom stereocenters. The van der Waals surface area contributed by atoms with E-state index in [1.165, 1.54) is 53.3 Å². The van der Waals surface area contributed by atoms with Gasteiger partial charge in [-0.1, -0.05) is 17.7 Å². The zero-order chi connectivity index (χ0) is 26.8. The minimum atomic E-state index is -4.94. The van der Waals surface area contributed by atoms with E-state index in [1.807, 2.05) is 6.07 Å². The Kier molecular flexibility index (Phi) is 7.09. The van der Waals surface area contributed by atoms with Crippen molar-refractivity contribution >= 4 is 23.4 Å². The topological polar surface area (TPSA) is 109 Å². The van der Waals surface area contributed by atoms with Gasteiger partial charge in [-0.15, -0.1) is 13.2 Å². The van der Waals surface area contributed by atoms with Crippen molar-refractivity contribution < 1.29 is 31.9 Å². The van der Waals surface area contributed by atoms with E-state index in [1.54, 1.807) is 0 Å². The Labute approximate surface area is 212 Å². The first-order valence-corrected chi connectivity index (χ1v) is 11.2. The van der Waals surface area contributed by atoms with E-state index in [0.29, 0.717) is 24.1 Å². The van der Waals surface area contributed by atoms with Crippen LogP contribution in [-0.4, -0.2) is 39.5 Å². The smallest absolute Gasteiger partial charge is 0.404 e. The molecule has 8 nitrogen and oxygen atoms in total. The van der Waals surface area contributed by atoms with Crippen molar-refractivity contribution in [3.63, 3.8) is 0 Å². The molecule has 0 radical (unpaired) electrons. The maximum Gasteiger partial charge on any atom is 0.573 e. The van der Waals surface area contributed by atoms with Crippen LogP contribution in [0.2, 0.25) is 5.02 Å². The summed E-state index contributed by atoms with van der Waals surface area (Å²) in [6.45, 7) is 0. The van der Waals surface area contributed by atoms with Gasteiger partial charge in [-0.25, -0.2) is 9.07 Å². The van der Waals surface area contributed by atoms with Gasteiger partial charge in [0.1, 0.15) is 23.1 Å². The molecule has 1 aliphatic rings. The molecular formula is C24H18ClF4N5O3. The van der Waals surface area contributed by atoms with E-state index < -0.39 is 41.3 Å². The molecule has 1 aromatic heterocycles. The Morgan fingerprint density at radius 1 is 1.19 bits per heavy atom. The van der Waals surface area contributed by atoms with Gasteiger partial charge < -0.3 is 15.4 Å². The average Bonchev–Trinajstić information content (AvgIpc) is 3.43. The van der Waals surface area contributed by atoms with E-state index >= 15 is 0 Å². The minimum Gasteiger partial charge on any atom is -0.404 e. The van der Waals surface area contributed by atoms with Gasteiger partial charge in [-0.2, -0.15) is 10.4 Å². The first kappa shape index (κ1) is 26.0. The van der Waals surface area contributed by atoms with Crippen molar-refractivity contribution in [2.24, 2.45) is 0 Å². The quantitative estimate of drug-likeness (QED) is 0.423. The van der Waals surface area contributed by atoms with E-state index in [4.69, 9.17) is 11.6 Å². The standard InChI is InChI=1S/C24H18ClF4N5O3/c25-17-11-14(1-6-20(17)37-24(27,28)29)12-19(22(36)32-23(13-30)8-9-23)31-21(35)18-7-10-34(33-18)16-4-2-15(26)3-5-16/h1-7,10-11,19H,8-9,12H2,(H,31,35)(H,32,36)/t19-/m0/s1. The van der Waals surface area contributed by atoms with Gasteiger partial charge in [-0.05, 0) is 60.9 Å². The van der Waals surface area contributed by atoms with E-state index in [2.05, 4.69) is 20.5 Å². The van der Waals surface area contributed by atoms with Crippen LogP contribution in [0, 0.1) is 17.1 Å². The molecule has 13 heteroatoms. The number of carbonyl (C=O) groups excluding carboxylic acids is 2. The molecule has 0 aliphatic heterocycles. The number of amides is 2. The van der Waals surface area contributed by atoms with Crippen molar-refractivity contribution in [1.29, 1.82) is 5.26 Å². The summed E-state index contributed by atoms with van der Waals surface area (Å²) in [5, 5.41) is 18.3. The number of rotatable bonds is 8. The van der Waals surface area contributed by atoms with Gasteiger partial charge in [0.05, 0.1) is 16.8 Å². The molecular weight excluding hydrogens is 518 g/mol. The fraction of sp³-hybridized carbons (Fsp3) is 0.250. The zero-order valence-electron chi connectivity index (χ0n) is 18.9. The summed E-state index contributed by atoms with van der Waals surface area (Å²) in [4.78, 5) is 25.9. The molecule has 1 fully saturated rings. The summed E-state index contributed by atoms with van der Waals surface area (Å²) in [5.41, 5.74) is -0.240. The second kappa shape index (κ2) is 10.1. The van der Waals surface area contributed by atoms with Gasteiger partial charge in [0, 0.05) is 12.6 Å². The lowest BCUT2D eigenvalue weighted by molar-refractivity contribution is -0.274. The molecule has 0 bridgehead atoms. The van der Waals surface area contributed by atoms with Gasteiger partial charge in [0.2, 0.25) is 5.91 Å². The highest BCUT2D eigenvalue weighted by Gasteiger charge is 2.45. The molecule has 0 saturated heterocycles. The van der Waals surface area contributed by atoms with E-state index in [9.17, 15) is 32.4 Å². The first-order chi connectivity index (χ1) is 17.5. The number of halogens is 5. The number of nitrogens with one attached hydrogen (secondary N) is 2. The number of nitrogens with zero attached hydrogens (tertiary/aromatic N) is 3. The number of carbonyl (C=O) groups is 2. The highest BCUT2D eigenvalue weighted by atomic mass is 35.5. The second-order valence-corrected chi connectivity index (χ2v) is 8.76. The summed E-state index contributed by atoms with van der Waals surface area (Å²) >= 11 is 5.92. The maximum atomic E-state index is 13.2. The molecule has 0 unspecified atom stereocenters. The Morgan fingerprint density at radius 3 is 2.49 bits per heavy atom. The van der Waals surface area contributed by atoms with Crippen LogP contribution in [0.5, 0.6) is 5.75 Å². The van der Waals surface area contributed by atoms with Crippen molar-refractivity contribution in [2.75, 3.05) is 0 Å². The van der Waals surface area contributed by atoms with Crippen LogP contribution in [0.3, 0.4) is 0 Å². The molecule has 192 valence electrons. The van der Waals surface area contributed by atoms with Gasteiger partial charge in [0.15, 0.2) is 5.69 Å². The third-order valence-corrected chi connectivity index (χ3v) is 5.82. The monoisotopic (exact) mass is 535 g/mol. The molecule has 1 saturated carbocycles. The van der Waals surface area contributed by atoms with E-state index in [-0.39, 0.29) is 17.1 Å². The molecule has 3 aromatic rings. The van der Waals surface area contributed by atoms with Crippen LogP contribution >= 0.6 is 11.6 Å². The second-order valence-electron chi connectivity index (χ2n) is 8.35. The van der Waals surface area contributed by atoms with Crippen LogP contribution in [0.15, 0.2) is 54.7 Å². The minimum absolute atomic E-state index is 0.0458. The predicted molar refractivity (Wildman–Crippen MR) is 122 cm³/mol. The molecule has 1 aliphatic carbocycles. The SMILES string of the molecule is N#CC1(NC(=O)[C@H](Cc2ccc(OC(F)(F)F)c(Cl)c2)NC(=O)c2ccn(-c3ccc(F)cc3)n2)CC1. The van der Waals surface area contributed by atoms with Crippen LogP contribution in [0.4, 0.5) is 17.6 Å². The molecule has 0 spiro atoms. The van der Waals surface area contributed by atoms with Crippen LogP contribution < -0.4 is 15.4 Å². The number of aromatic nitrogens is 2. The lowest BCUT2D eigenvalue weighted by Gasteiger charge is -2.20. The molecule has 37 heavy (non-hydrogen) atoms. The van der Waals surface area contributed by atoms with Gasteiger partial charge in [0.25, 0.3) is 5.91 Å². The van der Waals surface area contributed by atoms with Crippen LogP contribution in [0.1, 0.15) is 28.9 Å². The van der Waals surface area contributed by atoms with Crippen LogP contribution in [0.25, 0.3) is 5.69 Å². The summed E-state index contributed by atoms with van der Waals surface area (Å²) in [5.74, 6) is -2.43.